The van der Waals surface area contributed by atoms with Crippen LogP contribution in [0, 0.1) is 78.1 Å². The van der Waals surface area contributed by atoms with Gasteiger partial charge >= 0.3 is 6.18 Å². The fraction of sp³-hybridized carbons (Fsp3) is 0.153. The molecule has 12 rings (SSSR count). The third-order valence-electron chi connectivity index (χ3n) is 13.5. The summed E-state index contributed by atoms with van der Waals surface area (Å²) in [6.45, 7) is 14.2. The lowest BCUT2D eigenvalue weighted by atomic mass is 9.91. The second kappa shape index (κ2) is 18.2. The first-order valence-electron chi connectivity index (χ1n) is 24.6. The molecule has 0 aliphatic heterocycles. The van der Waals surface area contributed by atoms with E-state index in [0.29, 0.717) is 114 Å². The van der Waals surface area contributed by atoms with Crippen molar-refractivity contribution in [3.8, 4) is 80.2 Å². The molecule has 378 valence electrons. The molecule has 0 spiro atoms. The predicted octanol–water partition coefficient (Wildman–Crippen LogP) is 12.2. The summed E-state index contributed by atoms with van der Waals surface area (Å²) in [6.07, 6.45) is -4.95. The molecule has 0 bridgehead atoms. The number of fused-ring (bicyclic) bond motifs is 6. The molecule has 19 heteroatoms. The summed E-state index contributed by atoms with van der Waals surface area (Å²) >= 11 is 0. The van der Waals surface area contributed by atoms with Crippen molar-refractivity contribution in [2.45, 2.75) is 61.6 Å². The predicted molar refractivity (Wildman–Crippen MR) is 288 cm³/mol. The van der Waals surface area contributed by atoms with Gasteiger partial charge in [-0.25, -0.2) is 59.8 Å². The molecule has 0 aliphatic carbocycles. The zero-order valence-electron chi connectivity index (χ0n) is 43.1. The third kappa shape index (κ3) is 8.34. The van der Waals surface area contributed by atoms with Crippen LogP contribution >= 0.6 is 0 Å². The number of aryl methyl sites for hydroxylation is 8. The summed E-state index contributed by atoms with van der Waals surface area (Å²) < 4.78 is 51.3. The van der Waals surface area contributed by atoms with E-state index in [-0.39, 0.29) is 28.1 Å². The summed E-state index contributed by atoms with van der Waals surface area (Å²) in [4.78, 5) is 54.9. The maximum Gasteiger partial charge on any atom is 0.417 e. The van der Waals surface area contributed by atoms with E-state index in [9.17, 15) is 10.5 Å². The van der Waals surface area contributed by atoms with Crippen molar-refractivity contribution in [2.24, 2.45) is 0 Å². The minimum Gasteiger partial charge on any atom is -0.309 e. The van der Waals surface area contributed by atoms with Crippen molar-refractivity contribution >= 4 is 43.6 Å². The normalized spacial score (nSPS) is 11.8. The van der Waals surface area contributed by atoms with Crippen LogP contribution in [-0.2, 0) is 6.18 Å². The van der Waals surface area contributed by atoms with Gasteiger partial charge in [0, 0.05) is 54.9 Å². The van der Waals surface area contributed by atoms with Crippen LogP contribution in [0.3, 0.4) is 0 Å². The van der Waals surface area contributed by atoms with E-state index in [4.69, 9.17) is 0 Å². The molecule has 0 radical (unpaired) electrons. The molecule has 0 fully saturated rings. The van der Waals surface area contributed by atoms with Crippen molar-refractivity contribution in [3.05, 3.63) is 166 Å². The molecular formula is C59H41F3N16. The number of halogens is 3. The first-order chi connectivity index (χ1) is 37.4. The van der Waals surface area contributed by atoms with E-state index < -0.39 is 17.3 Å². The number of rotatable bonds is 7. The van der Waals surface area contributed by atoms with Crippen LogP contribution < -0.4 is 0 Å². The fourth-order valence-corrected chi connectivity index (χ4v) is 10.5. The molecule has 0 atom stereocenters. The second-order valence-electron chi connectivity index (χ2n) is 18.9. The summed E-state index contributed by atoms with van der Waals surface area (Å²) in [5.74, 6) is 5.60. The van der Waals surface area contributed by atoms with Gasteiger partial charge in [-0.2, -0.15) is 23.7 Å². The topological polar surface area (TPSA) is 212 Å². The standard InChI is InChI=1S/C59H41F3N16/c1-28-65-29(2)70-55(69-28)36-12-16-42-43-17-13-37(56-71-30(3)66-31(4)72-56)21-50(43)77(49(42)20-36)48-25-46(54-40(26-63)10-9-11-47(54)59(60,61)62)53(24-41(48)27-64)78-51-22-38(57-73-32(5)67-33(6)74-57)14-18-44(51)45-19-15-39(23-52(45)78)58-75-34(7)68-35(8)76-58/h9-25H,1-8H3. The van der Waals surface area contributed by atoms with Gasteiger partial charge in [-0.1, -0.05) is 54.6 Å². The number of hydrogen-bond donors (Lipinski definition) is 0. The van der Waals surface area contributed by atoms with Crippen LogP contribution in [0.1, 0.15) is 63.3 Å². The van der Waals surface area contributed by atoms with Gasteiger partial charge in [0.15, 0.2) is 23.3 Å². The zero-order chi connectivity index (χ0) is 54.5. The SMILES string of the molecule is Cc1nc(C)nc(-c2ccc3c4ccc(-c5nc(C)nc(C)n5)cc4n(-c4cc(-c5c(C#N)cccc5C(F)(F)F)c(-n5c6cc(-c7nc(C)nc(C)n7)ccc6c6ccc(-c7nc(C)nc(C)n7)cc65)cc4C#N)c3c2)n1. The molecule has 12 aromatic rings. The number of hydrogen-bond acceptors (Lipinski definition) is 14. The molecule has 0 aliphatic rings. The van der Waals surface area contributed by atoms with Gasteiger partial charge in [-0.05, 0) is 104 Å². The number of alkyl halides is 3. The van der Waals surface area contributed by atoms with E-state index in [1.807, 2.05) is 81.9 Å². The Morgan fingerprint density at radius 3 is 1.00 bits per heavy atom. The molecule has 78 heavy (non-hydrogen) atoms. The highest BCUT2D eigenvalue weighted by molar-refractivity contribution is 6.13. The van der Waals surface area contributed by atoms with Crippen molar-refractivity contribution < 1.29 is 13.2 Å². The minimum atomic E-state index is -4.95. The van der Waals surface area contributed by atoms with Gasteiger partial charge in [0.25, 0.3) is 0 Å². The Kier molecular flexibility index (Phi) is 11.4. The van der Waals surface area contributed by atoms with Crippen LogP contribution in [-0.4, -0.2) is 68.9 Å². The molecular weight excluding hydrogens is 990 g/mol. The lowest BCUT2D eigenvalue weighted by molar-refractivity contribution is -0.137. The first-order valence-corrected chi connectivity index (χ1v) is 24.6. The summed E-state index contributed by atoms with van der Waals surface area (Å²) in [5, 5.41) is 25.5. The van der Waals surface area contributed by atoms with Crippen LogP contribution in [0.5, 0.6) is 0 Å². The van der Waals surface area contributed by atoms with Gasteiger partial charge in [-0.3, -0.25) is 0 Å². The van der Waals surface area contributed by atoms with Gasteiger partial charge in [0.1, 0.15) is 52.7 Å². The largest absolute Gasteiger partial charge is 0.417 e. The monoisotopic (exact) mass is 1030 g/mol. The maximum atomic E-state index is 15.9. The van der Waals surface area contributed by atoms with E-state index in [0.717, 1.165) is 27.6 Å². The van der Waals surface area contributed by atoms with Crippen molar-refractivity contribution in [2.75, 3.05) is 0 Å². The minimum absolute atomic E-state index is 0.00322. The van der Waals surface area contributed by atoms with Gasteiger partial charge in [-0.15, -0.1) is 0 Å². The Balaban J connectivity index is 1.25. The highest BCUT2D eigenvalue weighted by Crippen LogP contribution is 2.47. The van der Waals surface area contributed by atoms with E-state index >= 15 is 13.2 Å². The van der Waals surface area contributed by atoms with Crippen LogP contribution in [0.15, 0.2) is 103 Å². The number of aromatic nitrogens is 14. The highest BCUT2D eigenvalue weighted by Gasteiger charge is 2.36. The van der Waals surface area contributed by atoms with Crippen LogP contribution in [0.2, 0.25) is 0 Å². The Hall–Kier alpha value is -10.3. The lowest BCUT2D eigenvalue weighted by Crippen LogP contribution is -2.11. The summed E-state index contributed by atoms with van der Waals surface area (Å²) in [5.41, 5.74) is 3.44. The molecule has 6 aromatic carbocycles. The number of benzene rings is 6. The quantitative estimate of drug-likeness (QED) is 0.145. The average molecular weight is 1030 g/mol. The molecule has 16 nitrogen and oxygen atoms in total. The molecule has 0 N–H and O–H groups in total. The molecule has 6 aromatic heterocycles. The number of nitrogens with zero attached hydrogens (tertiary/aromatic N) is 16. The van der Waals surface area contributed by atoms with E-state index in [1.165, 1.54) is 12.1 Å². The van der Waals surface area contributed by atoms with E-state index in [2.05, 4.69) is 71.9 Å². The van der Waals surface area contributed by atoms with Crippen LogP contribution in [0.4, 0.5) is 13.2 Å². The lowest BCUT2D eigenvalue weighted by Gasteiger charge is -2.22. The Morgan fingerprint density at radius 2 is 0.692 bits per heavy atom. The van der Waals surface area contributed by atoms with Crippen LogP contribution in [0.25, 0.3) is 112 Å². The summed E-state index contributed by atoms with van der Waals surface area (Å²) in [6, 6.07) is 34.0. The Bertz CT molecular complexity index is 4340. The average Bonchev–Trinajstić information content (AvgIpc) is 4.10. The van der Waals surface area contributed by atoms with E-state index in [1.54, 1.807) is 67.5 Å². The van der Waals surface area contributed by atoms with Gasteiger partial charge < -0.3 is 9.13 Å². The molecule has 0 unspecified atom stereocenters. The maximum absolute atomic E-state index is 15.9. The Labute approximate surface area is 442 Å². The zero-order valence-corrected chi connectivity index (χ0v) is 43.1. The van der Waals surface area contributed by atoms with Crippen molar-refractivity contribution in [3.63, 3.8) is 0 Å². The van der Waals surface area contributed by atoms with Crippen molar-refractivity contribution in [1.29, 1.82) is 10.5 Å². The van der Waals surface area contributed by atoms with Gasteiger partial charge in [0.05, 0.1) is 56.2 Å². The highest BCUT2D eigenvalue weighted by atomic mass is 19.4. The molecule has 6 heterocycles. The van der Waals surface area contributed by atoms with Crippen molar-refractivity contribution in [1.82, 2.24) is 68.9 Å². The smallest absolute Gasteiger partial charge is 0.309 e. The molecule has 0 amide bonds. The number of nitriles is 2. The molecule has 0 saturated carbocycles. The van der Waals surface area contributed by atoms with Gasteiger partial charge in [0.2, 0.25) is 0 Å². The fourth-order valence-electron chi connectivity index (χ4n) is 10.5. The Morgan fingerprint density at radius 1 is 0.372 bits per heavy atom. The second-order valence-corrected chi connectivity index (χ2v) is 18.9. The molecule has 0 saturated heterocycles. The summed E-state index contributed by atoms with van der Waals surface area (Å²) in [7, 11) is 0. The third-order valence-corrected chi connectivity index (χ3v) is 13.5. The first kappa shape index (κ1) is 48.7.